The van der Waals surface area contributed by atoms with E-state index in [9.17, 15) is 13.2 Å². The highest BCUT2D eigenvalue weighted by Gasteiger charge is 2.16. The zero-order valence-electron chi connectivity index (χ0n) is 14.5. The molecule has 1 heterocycles. The number of hydrogen-bond acceptors (Lipinski definition) is 4. The van der Waals surface area contributed by atoms with Crippen molar-refractivity contribution in [1.29, 1.82) is 0 Å². The average Bonchev–Trinajstić information content (AvgIpc) is 2.68. The molecule has 0 aliphatic heterocycles. The lowest BCUT2D eigenvalue weighted by atomic mass is 10.0. The average molecular weight is 393 g/mol. The molecule has 0 amide bonds. The molecule has 0 fully saturated rings. The normalized spacial score (nSPS) is 11.6. The number of fused-ring (bicyclic) bond motifs is 1. The lowest BCUT2D eigenvalue weighted by Gasteiger charge is -2.11. The highest BCUT2D eigenvalue weighted by Crippen LogP contribution is 2.36. The van der Waals surface area contributed by atoms with Gasteiger partial charge < -0.3 is 0 Å². The van der Waals surface area contributed by atoms with E-state index in [4.69, 9.17) is 0 Å². The second-order valence-corrected chi connectivity index (χ2v) is 9.36. The monoisotopic (exact) mass is 392 g/mol. The minimum atomic E-state index is -3.28. The second-order valence-electron chi connectivity index (χ2n) is 6.29. The summed E-state index contributed by atoms with van der Waals surface area (Å²) in [5.74, 6) is 0. The van der Waals surface area contributed by atoms with Gasteiger partial charge >= 0.3 is 0 Å². The summed E-state index contributed by atoms with van der Waals surface area (Å²) in [7, 11) is -3.28. The summed E-state index contributed by atoms with van der Waals surface area (Å²) >= 11 is 1.57. The maximum atomic E-state index is 13.3. The van der Waals surface area contributed by atoms with E-state index in [1.54, 1.807) is 35.6 Å². The molecule has 0 unspecified atom stereocenters. The molecule has 0 radical (unpaired) electrons. The molecule has 0 aliphatic carbocycles. The molecule has 4 aromatic rings. The van der Waals surface area contributed by atoms with Crippen molar-refractivity contribution >= 4 is 31.3 Å². The fourth-order valence-electron chi connectivity index (χ4n) is 3.07. The molecule has 0 aliphatic rings. The molecule has 0 saturated carbocycles. The smallest absolute Gasteiger partial charge is 0.196 e. The molecule has 0 saturated heterocycles. The standard InChI is InChI=1S/C22H16O3S2/c1-27(24,25)17-13-11-15(12-14-17)20-21(23)18-9-5-6-10-19(18)26-22(20)16-7-3-2-4-8-16/h2-14H,1H3. The molecule has 0 spiro atoms. The Bertz CT molecular complexity index is 1290. The van der Waals surface area contributed by atoms with Gasteiger partial charge in [0.25, 0.3) is 0 Å². The van der Waals surface area contributed by atoms with Crippen LogP contribution in [0, 0.1) is 0 Å². The van der Waals surface area contributed by atoms with Gasteiger partial charge in [0.05, 0.1) is 4.90 Å². The van der Waals surface area contributed by atoms with Crippen molar-refractivity contribution in [3.8, 4) is 21.6 Å². The minimum Gasteiger partial charge on any atom is -0.288 e. The Morgan fingerprint density at radius 1 is 0.741 bits per heavy atom. The Balaban J connectivity index is 2.04. The molecule has 3 nitrogen and oxygen atoms in total. The van der Waals surface area contributed by atoms with Gasteiger partial charge in [0.15, 0.2) is 15.3 Å². The molecule has 1 aromatic heterocycles. The van der Waals surface area contributed by atoms with Crippen molar-refractivity contribution in [3.63, 3.8) is 0 Å². The van der Waals surface area contributed by atoms with Crippen molar-refractivity contribution < 1.29 is 8.42 Å². The third-order valence-electron chi connectivity index (χ3n) is 4.40. The van der Waals surface area contributed by atoms with Crippen LogP contribution in [0.15, 0.2) is 88.6 Å². The van der Waals surface area contributed by atoms with E-state index in [0.717, 1.165) is 15.1 Å². The Morgan fingerprint density at radius 3 is 2.04 bits per heavy atom. The zero-order valence-corrected chi connectivity index (χ0v) is 16.2. The number of benzene rings is 3. The van der Waals surface area contributed by atoms with Crippen molar-refractivity contribution in [2.45, 2.75) is 4.90 Å². The SMILES string of the molecule is CS(=O)(=O)c1ccc(-c2c(-c3ccccc3)sc3ccccc3c2=O)cc1. The van der Waals surface area contributed by atoms with Gasteiger partial charge in [-0.2, -0.15) is 0 Å². The summed E-state index contributed by atoms with van der Waals surface area (Å²) in [6.07, 6.45) is 1.18. The Labute approximate surface area is 161 Å². The Hall–Kier alpha value is -2.76. The molecular weight excluding hydrogens is 376 g/mol. The second kappa shape index (κ2) is 6.76. The predicted octanol–water partition coefficient (Wildman–Crippen LogP) is 5.00. The van der Waals surface area contributed by atoms with E-state index in [1.807, 2.05) is 54.6 Å². The summed E-state index contributed by atoms with van der Waals surface area (Å²) in [5, 5.41) is 0.671. The summed E-state index contributed by atoms with van der Waals surface area (Å²) < 4.78 is 24.4. The van der Waals surface area contributed by atoms with Crippen LogP contribution < -0.4 is 5.43 Å². The van der Waals surface area contributed by atoms with Crippen LogP contribution in [0.1, 0.15) is 0 Å². The molecule has 27 heavy (non-hydrogen) atoms. The van der Waals surface area contributed by atoms with E-state index in [-0.39, 0.29) is 10.3 Å². The number of rotatable bonds is 3. The maximum Gasteiger partial charge on any atom is 0.196 e. The van der Waals surface area contributed by atoms with Gasteiger partial charge in [-0.1, -0.05) is 54.6 Å². The van der Waals surface area contributed by atoms with Crippen LogP contribution in [0.4, 0.5) is 0 Å². The molecule has 3 aromatic carbocycles. The van der Waals surface area contributed by atoms with Crippen LogP contribution in [0.2, 0.25) is 0 Å². The first-order valence-electron chi connectivity index (χ1n) is 8.37. The van der Waals surface area contributed by atoms with Crippen LogP contribution in [-0.4, -0.2) is 14.7 Å². The molecular formula is C22H16O3S2. The highest BCUT2D eigenvalue weighted by molar-refractivity contribution is 7.90. The maximum absolute atomic E-state index is 13.3. The minimum absolute atomic E-state index is 0.0460. The van der Waals surface area contributed by atoms with Gasteiger partial charge in [0.2, 0.25) is 0 Å². The predicted molar refractivity (Wildman–Crippen MR) is 112 cm³/mol. The molecule has 0 N–H and O–H groups in total. The third kappa shape index (κ3) is 3.31. The van der Waals surface area contributed by atoms with Crippen LogP contribution >= 0.6 is 11.3 Å². The molecule has 4 rings (SSSR count). The summed E-state index contributed by atoms with van der Waals surface area (Å²) in [6, 6.07) is 23.9. The lowest BCUT2D eigenvalue weighted by molar-refractivity contribution is 0.602. The third-order valence-corrected chi connectivity index (χ3v) is 6.75. The fraction of sp³-hybridized carbons (Fsp3) is 0.0455. The van der Waals surface area contributed by atoms with E-state index in [0.29, 0.717) is 16.5 Å². The Kier molecular flexibility index (Phi) is 4.42. The first-order chi connectivity index (χ1) is 12.9. The van der Waals surface area contributed by atoms with Crippen molar-refractivity contribution in [2.75, 3.05) is 6.26 Å². The quantitative estimate of drug-likeness (QED) is 0.493. The number of sulfone groups is 1. The van der Waals surface area contributed by atoms with Crippen LogP contribution in [0.3, 0.4) is 0 Å². The highest BCUT2D eigenvalue weighted by atomic mass is 32.2. The van der Waals surface area contributed by atoms with E-state index < -0.39 is 9.84 Å². The first-order valence-corrected chi connectivity index (χ1v) is 11.1. The zero-order chi connectivity index (χ0) is 19.0. The van der Waals surface area contributed by atoms with Crippen LogP contribution in [0.25, 0.3) is 31.7 Å². The van der Waals surface area contributed by atoms with Crippen LogP contribution in [0.5, 0.6) is 0 Å². The van der Waals surface area contributed by atoms with Crippen LogP contribution in [-0.2, 0) is 9.84 Å². The van der Waals surface area contributed by atoms with Crippen molar-refractivity contribution in [2.24, 2.45) is 0 Å². The van der Waals surface area contributed by atoms with Gasteiger partial charge in [-0.05, 0) is 35.4 Å². The summed E-state index contributed by atoms with van der Waals surface area (Å²) in [5.41, 5.74) is 2.24. The lowest BCUT2D eigenvalue weighted by Crippen LogP contribution is -2.06. The van der Waals surface area contributed by atoms with E-state index in [2.05, 4.69) is 0 Å². The van der Waals surface area contributed by atoms with Gasteiger partial charge in [-0.25, -0.2) is 8.42 Å². The number of hydrogen-bond donors (Lipinski definition) is 0. The first kappa shape index (κ1) is 17.6. The molecule has 134 valence electrons. The van der Waals surface area contributed by atoms with E-state index in [1.165, 1.54) is 6.26 Å². The largest absolute Gasteiger partial charge is 0.288 e. The molecule has 5 heteroatoms. The van der Waals surface area contributed by atoms with E-state index >= 15 is 0 Å². The molecule has 0 atom stereocenters. The van der Waals surface area contributed by atoms with Gasteiger partial charge in [-0.15, -0.1) is 11.3 Å². The van der Waals surface area contributed by atoms with Crippen molar-refractivity contribution in [3.05, 3.63) is 89.1 Å². The fourth-order valence-corrected chi connectivity index (χ4v) is 4.90. The van der Waals surface area contributed by atoms with Gasteiger partial charge in [-0.3, -0.25) is 4.79 Å². The molecule has 0 bridgehead atoms. The summed E-state index contributed by atoms with van der Waals surface area (Å²) in [4.78, 5) is 14.4. The Morgan fingerprint density at radius 2 is 1.37 bits per heavy atom. The van der Waals surface area contributed by atoms with Gasteiger partial charge in [0, 0.05) is 26.8 Å². The summed E-state index contributed by atoms with van der Waals surface area (Å²) in [6.45, 7) is 0. The topological polar surface area (TPSA) is 51.2 Å². The van der Waals surface area contributed by atoms with Crippen molar-refractivity contribution in [1.82, 2.24) is 0 Å². The van der Waals surface area contributed by atoms with Gasteiger partial charge in [0.1, 0.15) is 0 Å².